The molecule has 13 heavy (non-hydrogen) atoms. The Morgan fingerprint density at radius 3 is 2.31 bits per heavy atom. The minimum absolute atomic E-state index is 0.355. The van der Waals surface area contributed by atoms with E-state index in [9.17, 15) is 9.59 Å². The molecule has 6 nitrogen and oxygen atoms in total. The van der Waals surface area contributed by atoms with Gasteiger partial charge in [-0.25, -0.2) is 24.4 Å². The topological polar surface area (TPSA) is 82.7 Å². The van der Waals surface area contributed by atoms with Crippen molar-refractivity contribution in [3.8, 4) is 0 Å². The van der Waals surface area contributed by atoms with Gasteiger partial charge in [-0.05, 0) is 0 Å². The Kier molecular flexibility index (Phi) is 3.07. The van der Waals surface area contributed by atoms with Crippen molar-refractivity contribution in [1.29, 1.82) is 0 Å². The Bertz CT molecular complexity index is 332. The molecule has 6 heteroatoms. The third kappa shape index (κ3) is 2.59. The normalized spacial score (nSPS) is 11.0. The minimum Gasteiger partial charge on any atom is -0.313 e. The van der Waals surface area contributed by atoms with Gasteiger partial charge in [0.25, 0.3) is 0 Å². The number of nitrogens with zero attached hydrogens (tertiary/aromatic N) is 1. The van der Waals surface area contributed by atoms with Crippen LogP contribution in [0, 0.1) is 0 Å². The first kappa shape index (κ1) is 9.79. The Labute approximate surface area is 75.0 Å². The standard InChI is InChI=1S/C7H14N4O2/c1-5(2)8-3-4-11-6(12)9-10-7(11)13/h5,8H,3-4H2,1-2H3,(H,9,12)(H,10,13). The number of nitrogens with one attached hydrogen (secondary N) is 3. The van der Waals surface area contributed by atoms with E-state index in [0.717, 1.165) is 4.57 Å². The van der Waals surface area contributed by atoms with E-state index in [-0.39, 0.29) is 0 Å². The van der Waals surface area contributed by atoms with Gasteiger partial charge in [-0.15, -0.1) is 0 Å². The van der Waals surface area contributed by atoms with Crippen LogP contribution >= 0.6 is 0 Å². The van der Waals surface area contributed by atoms with Crippen molar-refractivity contribution < 1.29 is 0 Å². The van der Waals surface area contributed by atoms with Crippen LogP contribution in [-0.2, 0) is 6.54 Å². The highest BCUT2D eigenvalue weighted by molar-refractivity contribution is 4.66. The molecule has 0 aliphatic rings. The molecule has 1 aromatic heterocycles. The van der Waals surface area contributed by atoms with Crippen molar-refractivity contribution in [1.82, 2.24) is 20.1 Å². The highest BCUT2D eigenvalue weighted by atomic mass is 16.2. The van der Waals surface area contributed by atoms with Crippen molar-refractivity contribution in [3.63, 3.8) is 0 Å². The summed E-state index contributed by atoms with van der Waals surface area (Å²) in [6.07, 6.45) is 0. The average molecular weight is 186 g/mol. The van der Waals surface area contributed by atoms with Gasteiger partial charge in [-0.1, -0.05) is 13.8 Å². The van der Waals surface area contributed by atoms with Crippen molar-refractivity contribution >= 4 is 0 Å². The number of hydrogen-bond donors (Lipinski definition) is 3. The van der Waals surface area contributed by atoms with E-state index >= 15 is 0 Å². The van der Waals surface area contributed by atoms with Crippen LogP contribution in [0.4, 0.5) is 0 Å². The summed E-state index contributed by atoms with van der Waals surface area (Å²) >= 11 is 0. The minimum atomic E-state index is -0.393. The van der Waals surface area contributed by atoms with Crippen molar-refractivity contribution in [2.75, 3.05) is 6.54 Å². The Morgan fingerprint density at radius 2 is 1.85 bits per heavy atom. The Morgan fingerprint density at radius 1 is 1.31 bits per heavy atom. The van der Waals surface area contributed by atoms with E-state index in [1.54, 1.807) is 0 Å². The predicted molar refractivity (Wildman–Crippen MR) is 48.8 cm³/mol. The van der Waals surface area contributed by atoms with Crippen molar-refractivity contribution in [3.05, 3.63) is 21.0 Å². The first-order valence-corrected chi connectivity index (χ1v) is 4.22. The number of aromatic nitrogens is 3. The second kappa shape index (κ2) is 4.08. The lowest BCUT2D eigenvalue weighted by Crippen LogP contribution is -2.34. The summed E-state index contributed by atoms with van der Waals surface area (Å²) in [4.78, 5) is 21.9. The lowest BCUT2D eigenvalue weighted by molar-refractivity contribution is 0.528. The zero-order valence-electron chi connectivity index (χ0n) is 7.76. The molecule has 3 N–H and O–H groups in total. The maximum atomic E-state index is 11.0. The van der Waals surface area contributed by atoms with E-state index in [1.165, 1.54) is 0 Å². The third-order valence-electron chi connectivity index (χ3n) is 1.65. The summed E-state index contributed by atoms with van der Waals surface area (Å²) < 4.78 is 1.12. The maximum absolute atomic E-state index is 11.0. The smallest absolute Gasteiger partial charge is 0.313 e. The first-order valence-electron chi connectivity index (χ1n) is 4.22. The number of aromatic amines is 2. The van der Waals surface area contributed by atoms with Gasteiger partial charge in [0.1, 0.15) is 0 Å². The molecule has 0 aromatic carbocycles. The van der Waals surface area contributed by atoms with Gasteiger partial charge in [0.15, 0.2) is 0 Å². The molecule has 1 heterocycles. The number of rotatable bonds is 4. The van der Waals surface area contributed by atoms with Crippen LogP contribution in [0.2, 0.25) is 0 Å². The van der Waals surface area contributed by atoms with E-state index in [0.29, 0.717) is 19.1 Å². The van der Waals surface area contributed by atoms with Crippen LogP contribution in [-0.4, -0.2) is 27.4 Å². The van der Waals surface area contributed by atoms with E-state index in [1.807, 2.05) is 13.8 Å². The van der Waals surface area contributed by atoms with Gasteiger partial charge in [0, 0.05) is 19.1 Å². The molecular formula is C7H14N4O2. The Balaban J connectivity index is 2.55. The molecule has 0 amide bonds. The molecule has 0 unspecified atom stereocenters. The molecule has 0 fully saturated rings. The lowest BCUT2D eigenvalue weighted by atomic mass is 10.4. The van der Waals surface area contributed by atoms with Gasteiger partial charge in [0.2, 0.25) is 0 Å². The van der Waals surface area contributed by atoms with Crippen molar-refractivity contribution in [2.24, 2.45) is 0 Å². The average Bonchev–Trinajstić information content (AvgIpc) is 2.34. The van der Waals surface area contributed by atoms with Crippen LogP contribution in [0.25, 0.3) is 0 Å². The molecule has 0 aliphatic carbocycles. The van der Waals surface area contributed by atoms with Crippen LogP contribution in [0.1, 0.15) is 13.8 Å². The van der Waals surface area contributed by atoms with E-state index in [4.69, 9.17) is 0 Å². The predicted octanol–water partition coefficient (Wildman–Crippen LogP) is -1.14. The number of H-pyrrole nitrogens is 2. The molecule has 0 saturated heterocycles. The molecule has 0 radical (unpaired) electrons. The third-order valence-corrected chi connectivity index (χ3v) is 1.65. The monoisotopic (exact) mass is 186 g/mol. The van der Waals surface area contributed by atoms with Gasteiger partial charge in [0.05, 0.1) is 0 Å². The summed E-state index contributed by atoms with van der Waals surface area (Å²) in [6, 6.07) is 0.355. The van der Waals surface area contributed by atoms with Crippen LogP contribution in [0.3, 0.4) is 0 Å². The maximum Gasteiger partial charge on any atom is 0.344 e. The fraction of sp³-hybridized carbons (Fsp3) is 0.714. The zero-order valence-corrected chi connectivity index (χ0v) is 7.76. The number of hydrogen-bond acceptors (Lipinski definition) is 3. The van der Waals surface area contributed by atoms with Crippen LogP contribution < -0.4 is 16.7 Å². The summed E-state index contributed by atoms with van der Waals surface area (Å²) in [5.74, 6) is 0. The van der Waals surface area contributed by atoms with E-state index in [2.05, 4.69) is 15.5 Å². The molecule has 1 aromatic rings. The summed E-state index contributed by atoms with van der Waals surface area (Å²) in [7, 11) is 0. The molecule has 0 saturated carbocycles. The fourth-order valence-electron chi connectivity index (χ4n) is 1.00. The SMILES string of the molecule is CC(C)NCCn1c(=O)[nH][nH]c1=O. The molecule has 1 rings (SSSR count). The summed E-state index contributed by atoms with van der Waals surface area (Å²) in [5.41, 5.74) is -0.786. The second-order valence-corrected chi connectivity index (χ2v) is 3.12. The molecule has 74 valence electrons. The van der Waals surface area contributed by atoms with Gasteiger partial charge in [-0.2, -0.15) is 0 Å². The van der Waals surface area contributed by atoms with Gasteiger partial charge < -0.3 is 5.32 Å². The van der Waals surface area contributed by atoms with E-state index < -0.39 is 11.4 Å². The van der Waals surface area contributed by atoms with Crippen molar-refractivity contribution in [2.45, 2.75) is 26.4 Å². The zero-order chi connectivity index (χ0) is 9.84. The quantitative estimate of drug-likeness (QED) is 0.556. The molecule has 0 atom stereocenters. The highest BCUT2D eigenvalue weighted by Crippen LogP contribution is 1.75. The summed E-state index contributed by atoms with van der Waals surface area (Å²) in [6.45, 7) is 5.00. The summed E-state index contributed by atoms with van der Waals surface area (Å²) in [5, 5.41) is 7.55. The van der Waals surface area contributed by atoms with Crippen LogP contribution in [0.5, 0.6) is 0 Å². The first-order chi connectivity index (χ1) is 6.11. The van der Waals surface area contributed by atoms with Crippen LogP contribution in [0.15, 0.2) is 9.59 Å². The van der Waals surface area contributed by atoms with Gasteiger partial charge in [-0.3, -0.25) is 0 Å². The van der Waals surface area contributed by atoms with Gasteiger partial charge >= 0.3 is 11.4 Å². The Hall–Kier alpha value is -1.30. The fourth-order valence-corrected chi connectivity index (χ4v) is 1.00. The second-order valence-electron chi connectivity index (χ2n) is 3.12. The molecule has 0 aliphatic heterocycles. The molecule has 0 bridgehead atoms. The highest BCUT2D eigenvalue weighted by Gasteiger charge is 2.01. The largest absolute Gasteiger partial charge is 0.344 e. The molecular weight excluding hydrogens is 172 g/mol. The molecule has 0 spiro atoms. The lowest BCUT2D eigenvalue weighted by Gasteiger charge is -2.06.